The average Bonchev–Trinajstić information content (AvgIpc) is 2.63. The highest BCUT2D eigenvalue weighted by atomic mass is 19.4. The van der Waals surface area contributed by atoms with Crippen molar-refractivity contribution in [3.8, 4) is 5.88 Å². The van der Waals surface area contributed by atoms with Gasteiger partial charge >= 0.3 is 24.6 Å². The summed E-state index contributed by atoms with van der Waals surface area (Å²) in [6.07, 6.45) is -14.1. The summed E-state index contributed by atoms with van der Waals surface area (Å²) in [5, 5.41) is 5.83. The lowest BCUT2D eigenvalue weighted by molar-refractivity contribution is -0.154. The number of anilines is 3. The Hall–Kier alpha value is -3.46. The maximum Gasteiger partial charge on any atom is 0.422 e. The molecule has 0 fully saturated rings. The van der Waals surface area contributed by atoms with E-state index >= 15 is 0 Å². The van der Waals surface area contributed by atoms with E-state index in [1.807, 2.05) is 5.32 Å². The van der Waals surface area contributed by atoms with E-state index < -0.39 is 60.9 Å². The van der Waals surface area contributed by atoms with E-state index in [4.69, 9.17) is 0 Å². The fourth-order valence-corrected chi connectivity index (χ4v) is 2.00. The Morgan fingerprint density at radius 2 is 1.50 bits per heavy atom. The zero-order valence-corrected chi connectivity index (χ0v) is 15.4. The van der Waals surface area contributed by atoms with Gasteiger partial charge in [0.05, 0.1) is 5.56 Å². The van der Waals surface area contributed by atoms with E-state index in [-0.39, 0.29) is 5.69 Å². The summed E-state index contributed by atoms with van der Waals surface area (Å²) in [7, 11) is 0. The van der Waals surface area contributed by atoms with Crippen LogP contribution in [0.3, 0.4) is 0 Å². The van der Waals surface area contributed by atoms with Crippen LogP contribution in [-0.2, 0) is 6.18 Å². The highest BCUT2D eigenvalue weighted by molar-refractivity contribution is 5.98. The number of urea groups is 1. The van der Waals surface area contributed by atoms with Crippen molar-refractivity contribution in [2.24, 2.45) is 0 Å². The summed E-state index contributed by atoms with van der Waals surface area (Å²) in [4.78, 5) is 18.9. The average molecular weight is 477 g/mol. The van der Waals surface area contributed by atoms with Crippen molar-refractivity contribution in [1.82, 2.24) is 9.97 Å². The standard InChI is InChI=1S/C16H12F9N5O2/c17-14(18,19)6-26-10-5-11(32-7-15(20,21)22)29-12(28-10)30-13(31)27-9-3-1-8(2-4-9)16(23,24)25/h1-5H,6-7H2,(H3,26,27,28,29,30,31). The number of carbonyl (C=O) groups is 1. The normalized spacial score (nSPS) is 12.3. The predicted molar refractivity (Wildman–Crippen MR) is 92.2 cm³/mol. The minimum absolute atomic E-state index is 0.101. The molecule has 0 bridgehead atoms. The van der Waals surface area contributed by atoms with Crippen molar-refractivity contribution >= 4 is 23.5 Å². The molecule has 0 unspecified atom stereocenters. The maximum absolute atomic E-state index is 12.5. The Labute approximate surface area is 173 Å². The maximum atomic E-state index is 12.5. The van der Waals surface area contributed by atoms with Crippen molar-refractivity contribution < 1.29 is 49.0 Å². The number of alkyl halides is 9. The van der Waals surface area contributed by atoms with Gasteiger partial charge in [-0.2, -0.15) is 49.5 Å². The van der Waals surface area contributed by atoms with Gasteiger partial charge in [-0.1, -0.05) is 0 Å². The number of hydrogen-bond acceptors (Lipinski definition) is 5. The zero-order valence-electron chi connectivity index (χ0n) is 15.4. The van der Waals surface area contributed by atoms with Crippen LogP contribution >= 0.6 is 0 Å². The van der Waals surface area contributed by atoms with E-state index in [2.05, 4.69) is 20.0 Å². The first-order valence-corrected chi connectivity index (χ1v) is 8.25. The van der Waals surface area contributed by atoms with E-state index in [1.54, 1.807) is 5.32 Å². The number of carbonyl (C=O) groups excluding carboxylic acids is 1. The summed E-state index contributed by atoms with van der Waals surface area (Å²) in [6, 6.07) is 2.70. The van der Waals surface area contributed by atoms with Gasteiger partial charge in [-0.05, 0) is 24.3 Å². The summed E-state index contributed by atoms with van der Waals surface area (Å²) in [6.45, 7) is -3.42. The van der Waals surface area contributed by atoms with Gasteiger partial charge in [-0.25, -0.2) is 4.79 Å². The summed E-state index contributed by atoms with van der Waals surface area (Å²) in [5.41, 5.74) is -1.09. The largest absolute Gasteiger partial charge is 0.468 e. The number of ether oxygens (including phenoxy) is 1. The lowest BCUT2D eigenvalue weighted by Gasteiger charge is -2.14. The van der Waals surface area contributed by atoms with E-state index in [0.717, 1.165) is 12.1 Å². The molecule has 7 nitrogen and oxygen atoms in total. The molecule has 0 atom stereocenters. The van der Waals surface area contributed by atoms with Gasteiger partial charge in [0.25, 0.3) is 0 Å². The SMILES string of the molecule is O=C(Nc1ccc(C(F)(F)F)cc1)Nc1nc(NCC(F)(F)F)cc(OCC(F)(F)F)n1. The van der Waals surface area contributed by atoms with Gasteiger partial charge < -0.3 is 15.4 Å². The molecule has 0 saturated carbocycles. The number of rotatable bonds is 6. The molecule has 0 aliphatic carbocycles. The molecule has 2 aromatic rings. The molecule has 16 heteroatoms. The second-order valence-electron chi connectivity index (χ2n) is 5.94. The topological polar surface area (TPSA) is 88.2 Å². The zero-order chi connectivity index (χ0) is 24.2. The lowest BCUT2D eigenvalue weighted by Crippen LogP contribution is -2.24. The quantitative estimate of drug-likeness (QED) is 0.507. The minimum atomic E-state index is -4.78. The van der Waals surface area contributed by atoms with Crippen LogP contribution < -0.4 is 20.7 Å². The molecule has 0 aliphatic heterocycles. The minimum Gasteiger partial charge on any atom is -0.468 e. The van der Waals surface area contributed by atoms with Gasteiger partial charge in [-0.15, -0.1) is 0 Å². The number of nitrogens with zero attached hydrogens (tertiary/aromatic N) is 2. The van der Waals surface area contributed by atoms with Crippen LogP contribution in [-0.4, -0.2) is 41.5 Å². The van der Waals surface area contributed by atoms with Crippen LogP contribution in [0, 0.1) is 0 Å². The third-order valence-corrected chi connectivity index (χ3v) is 3.25. The Morgan fingerprint density at radius 1 is 0.875 bits per heavy atom. The van der Waals surface area contributed by atoms with Crippen molar-refractivity contribution in [2.45, 2.75) is 18.5 Å². The molecular formula is C16H12F9N5O2. The molecule has 1 aromatic carbocycles. The first-order valence-electron chi connectivity index (χ1n) is 8.25. The number of hydrogen-bond donors (Lipinski definition) is 3. The van der Waals surface area contributed by atoms with E-state index in [0.29, 0.717) is 18.2 Å². The smallest absolute Gasteiger partial charge is 0.422 e. The number of aromatic nitrogens is 2. The molecule has 1 heterocycles. The molecule has 0 saturated heterocycles. The molecule has 1 aromatic heterocycles. The second-order valence-corrected chi connectivity index (χ2v) is 5.94. The van der Waals surface area contributed by atoms with Gasteiger partial charge in [0.1, 0.15) is 12.4 Å². The van der Waals surface area contributed by atoms with Crippen LogP contribution in [0.15, 0.2) is 30.3 Å². The van der Waals surface area contributed by atoms with E-state index in [9.17, 15) is 44.3 Å². The van der Waals surface area contributed by atoms with Crippen LogP contribution in [0.1, 0.15) is 5.56 Å². The first-order chi connectivity index (χ1) is 14.6. The Balaban J connectivity index is 2.14. The molecule has 176 valence electrons. The molecule has 2 rings (SSSR count). The number of halogens is 9. The fourth-order valence-electron chi connectivity index (χ4n) is 2.00. The summed E-state index contributed by atoms with van der Waals surface area (Å²) >= 11 is 0. The van der Waals surface area contributed by atoms with Crippen molar-refractivity contribution in [3.05, 3.63) is 35.9 Å². The van der Waals surface area contributed by atoms with Gasteiger partial charge in [0.15, 0.2) is 6.61 Å². The third kappa shape index (κ3) is 8.73. The highest BCUT2D eigenvalue weighted by Gasteiger charge is 2.31. The molecule has 0 spiro atoms. The molecule has 32 heavy (non-hydrogen) atoms. The second kappa shape index (κ2) is 9.35. The number of nitrogens with one attached hydrogen (secondary N) is 3. The molecule has 0 radical (unpaired) electrons. The predicted octanol–water partition coefficient (Wildman–Crippen LogP) is 5.05. The van der Waals surface area contributed by atoms with Crippen LogP contribution in [0.2, 0.25) is 0 Å². The van der Waals surface area contributed by atoms with Gasteiger partial charge in [-0.3, -0.25) is 5.32 Å². The lowest BCUT2D eigenvalue weighted by atomic mass is 10.2. The highest BCUT2D eigenvalue weighted by Crippen LogP contribution is 2.30. The Morgan fingerprint density at radius 3 is 2.03 bits per heavy atom. The van der Waals surface area contributed by atoms with Crippen LogP contribution in [0.25, 0.3) is 0 Å². The summed E-state index contributed by atoms with van der Waals surface area (Å²) in [5.74, 6) is -2.15. The fraction of sp³-hybridized carbons (Fsp3) is 0.312. The molecule has 2 amide bonds. The van der Waals surface area contributed by atoms with Crippen LogP contribution in [0.4, 0.5) is 61.8 Å². The number of amides is 2. The first kappa shape index (κ1) is 24.8. The van der Waals surface area contributed by atoms with Crippen LogP contribution in [0.5, 0.6) is 5.88 Å². The monoisotopic (exact) mass is 477 g/mol. The van der Waals surface area contributed by atoms with Crippen molar-refractivity contribution in [2.75, 3.05) is 29.1 Å². The molecule has 3 N–H and O–H groups in total. The summed E-state index contributed by atoms with van der Waals surface area (Å²) < 4.78 is 116. The Kier molecular flexibility index (Phi) is 7.25. The molecular weight excluding hydrogens is 465 g/mol. The Bertz CT molecular complexity index is 891. The molecule has 0 aliphatic rings. The van der Waals surface area contributed by atoms with Crippen molar-refractivity contribution in [3.63, 3.8) is 0 Å². The number of benzene rings is 1. The third-order valence-electron chi connectivity index (χ3n) is 3.25. The van der Waals surface area contributed by atoms with Gasteiger partial charge in [0, 0.05) is 11.8 Å². The van der Waals surface area contributed by atoms with Crippen molar-refractivity contribution in [1.29, 1.82) is 0 Å². The van der Waals surface area contributed by atoms with Gasteiger partial charge in [0.2, 0.25) is 11.8 Å². The van der Waals surface area contributed by atoms with E-state index in [1.165, 1.54) is 0 Å².